The zero-order valence-corrected chi connectivity index (χ0v) is 19.8. The van der Waals surface area contributed by atoms with Crippen LogP contribution in [-0.2, 0) is 0 Å². The number of halogens is 1. The number of Topliss-reactive ketones (excluding diaryl/α,β-unsaturated/α-hetero) is 1. The van der Waals surface area contributed by atoms with Gasteiger partial charge in [0.2, 0.25) is 0 Å². The van der Waals surface area contributed by atoms with Gasteiger partial charge in [-0.3, -0.25) is 9.36 Å². The number of fused-ring (bicyclic) bond motifs is 1. The normalized spacial score (nSPS) is 11.2. The second-order valence-corrected chi connectivity index (χ2v) is 8.47. The molecule has 170 valence electrons. The molecule has 4 aromatic heterocycles. The van der Waals surface area contributed by atoms with E-state index in [9.17, 15) is 4.79 Å². The van der Waals surface area contributed by atoms with Gasteiger partial charge in [0.25, 0.3) is 0 Å². The van der Waals surface area contributed by atoms with Crippen LogP contribution in [0.3, 0.4) is 0 Å². The predicted molar refractivity (Wildman–Crippen MR) is 131 cm³/mol. The molecule has 0 amide bonds. The number of hydrogen-bond acceptors (Lipinski definition) is 7. The molecule has 1 N–H and O–H groups in total. The fraction of sp³-hybridized carbons (Fsp3) is 0.167. The Labute approximate surface area is 200 Å². The van der Waals surface area contributed by atoms with Crippen LogP contribution in [0.1, 0.15) is 34.4 Å². The van der Waals surface area contributed by atoms with Crippen LogP contribution in [0.15, 0.2) is 48.8 Å². The summed E-state index contributed by atoms with van der Waals surface area (Å²) < 4.78 is 3.46. The molecule has 0 aliphatic rings. The van der Waals surface area contributed by atoms with E-state index in [0.29, 0.717) is 28.0 Å². The number of nitrogens with one attached hydrogen (secondary N) is 1. The van der Waals surface area contributed by atoms with Gasteiger partial charge in [0.05, 0.1) is 33.0 Å². The predicted octanol–water partition coefficient (Wildman–Crippen LogP) is 4.92. The van der Waals surface area contributed by atoms with E-state index >= 15 is 0 Å². The second-order valence-electron chi connectivity index (χ2n) is 8.06. The smallest absolute Gasteiger partial charge is 0.166 e. The number of ketones is 1. The molecule has 9 nitrogen and oxygen atoms in total. The Hall–Kier alpha value is -4.11. The van der Waals surface area contributed by atoms with Gasteiger partial charge < -0.3 is 5.32 Å². The monoisotopic (exact) mass is 472 g/mol. The highest BCUT2D eigenvalue weighted by molar-refractivity contribution is 6.32. The van der Waals surface area contributed by atoms with E-state index in [1.165, 1.54) is 6.92 Å². The third-order valence-electron chi connectivity index (χ3n) is 5.37. The molecule has 1 aromatic carbocycles. The first kappa shape index (κ1) is 21.7. The van der Waals surface area contributed by atoms with E-state index in [-0.39, 0.29) is 5.78 Å². The van der Waals surface area contributed by atoms with Crippen molar-refractivity contribution in [3.8, 4) is 11.6 Å². The van der Waals surface area contributed by atoms with E-state index in [1.54, 1.807) is 21.6 Å². The summed E-state index contributed by atoms with van der Waals surface area (Å²) in [5.41, 5.74) is 5.32. The number of nitrogens with zero attached hydrogens (tertiary/aromatic N) is 7. The zero-order valence-electron chi connectivity index (χ0n) is 19.0. The summed E-state index contributed by atoms with van der Waals surface area (Å²) in [6.45, 7) is 7.18. The minimum absolute atomic E-state index is 0.145. The molecule has 0 atom stereocenters. The van der Waals surface area contributed by atoms with Crippen LogP contribution in [0.5, 0.6) is 0 Å². The summed E-state index contributed by atoms with van der Waals surface area (Å²) in [4.78, 5) is 21.6. The minimum atomic E-state index is -0.145. The molecule has 0 aliphatic heterocycles. The highest BCUT2D eigenvalue weighted by atomic mass is 35.5. The molecule has 0 spiro atoms. The minimum Gasteiger partial charge on any atom is -0.339 e. The van der Waals surface area contributed by atoms with Crippen molar-refractivity contribution < 1.29 is 4.79 Å². The van der Waals surface area contributed by atoms with Crippen molar-refractivity contribution in [3.63, 3.8) is 0 Å². The van der Waals surface area contributed by atoms with Crippen molar-refractivity contribution in [2.75, 3.05) is 5.32 Å². The van der Waals surface area contributed by atoms with Gasteiger partial charge in [0.15, 0.2) is 23.2 Å². The number of carbonyl (C=O) groups is 1. The summed E-state index contributed by atoms with van der Waals surface area (Å²) in [6.07, 6.45) is 1.66. The van der Waals surface area contributed by atoms with Gasteiger partial charge in [-0.2, -0.15) is 10.2 Å². The third kappa shape index (κ3) is 3.90. The van der Waals surface area contributed by atoms with Gasteiger partial charge >= 0.3 is 0 Å². The average molecular weight is 473 g/mol. The first-order valence-electron chi connectivity index (χ1n) is 10.6. The maximum absolute atomic E-state index is 12.4. The Balaban J connectivity index is 1.59. The van der Waals surface area contributed by atoms with Crippen LogP contribution < -0.4 is 5.32 Å². The maximum Gasteiger partial charge on any atom is 0.166 e. The van der Waals surface area contributed by atoms with E-state index in [1.807, 2.05) is 57.2 Å². The Morgan fingerprint density at radius 3 is 2.47 bits per heavy atom. The van der Waals surface area contributed by atoms with Gasteiger partial charge in [-0.05, 0) is 70.2 Å². The third-order valence-corrected chi connectivity index (χ3v) is 5.65. The number of aryl methyl sites for hydroxylation is 3. The van der Waals surface area contributed by atoms with Gasteiger partial charge in [0, 0.05) is 11.4 Å². The molecular formula is C24H21ClN8O. The first-order valence-corrected chi connectivity index (χ1v) is 11.0. The largest absolute Gasteiger partial charge is 0.339 e. The highest BCUT2D eigenvalue weighted by Gasteiger charge is 2.20. The SMILES string of the molecule is CC(=O)c1cc(Cl)c(-n2cnc3cc(Nc4ccc(C)nn4)ccc32)nc1-n1nc(C)cc1C. The fourth-order valence-corrected chi connectivity index (χ4v) is 4.02. The standard InChI is InChI=1S/C24H21ClN8O/c1-13-5-8-22(30-29-13)27-17-6-7-21-20(10-17)26-12-32(21)24-19(25)11-18(16(4)34)23(28-24)33-15(3)9-14(2)31-33/h5-12H,1-4H3,(H,27,30). The summed E-state index contributed by atoms with van der Waals surface area (Å²) in [5.74, 6) is 1.38. The number of imidazole rings is 1. The molecule has 0 saturated heterocycles. The number of carbonyl (C=O) groups excluding carboxylic acids is 1. The van der Waals surface area contributed by atoms with Crippen molar-refractivity contribution in [1.29, 1.82) is 0 Å². The molecule has 5 rings (SSSR count). The lowest BCUT2D eigenvalue weighted by Crippen LogP contribution is -2.12. The molecule has 0 aliphatic carbocycles. The van der Waals surface area contributed by atoms with Crippen LogP contribution in [-0.4, -0.2) is 40.3 Å². The molecule has 0 saturated carbocycles. The van der Waals surface area contributed by atoms with E-state index in [2.05, 4.69) is 25.6 Å². The summed E-state index contributed by atoms with van der Waals surface area (Å²) in [7, 11) is 0. The molecule has 10 heteroatoms. The molecule has 0 bridgehead atoms. The van der Waals surface area contributed by atoms with E-state index in [4.69, 9.17) is 16.6 Å². The number of rotatable bonds is 5. The van der Waals surface area contributed by atoms with Crippen molar-refractivity contribution in [1.82, 2.24) is 34.5 Å². The summed E-state index contributed by atoms with van der Waals surface area (Å²) in [5, 5.41) is 16.3. The maximum atomic E-state index is 12.4. The van der Waals surface area contributed by atoms with Gasteiger partial charge in [0.1, 0.15) is 6.33 Å². The Morgan fingerprint density at radius 1 is 0.971 bits per heavy atom. The molecule has 4 heterocycles. The molecule has 0 radical (unpaired) electrons. The van der Waals surface area contributed by atoms with Crippen molar-refractivity contribution >= 4 is 39.9 Å². The lowest BCUT2D eigenvalue weighted by molar-refractivity contribution is 0.101. The molecule has 0 fully saturated rings. The molecular weight excluding hydrogens is 452 g/mol. The summed E-state index contributed by atoms with van der Waals surface area (Å²) >= 11 is 6.60. The van der Waals surface area contributed by atoms with Crippen molar-refractivity contribution in [3.05, 3.63) is 76.5 Å². The van der Waals surface area contributed by atoms with Gasteiger partial charge in [-0.25, -0.2) is 14.6 Å². The van der Waals surface area contributed by atoms with Crippen LogP contribution in [0.2, 0.25) is 5.02 Å². The first-order chi connectivity index (χ1) is 16.3. The van der Waals surface area contributed by atoms with E-state index < -0.39 is 0 Å². The lowest BCUT2D eigenvalue weighted by atomic mass is 10.2. The van der Waals surface area contributed by atoms with Crippen molar-refractivity contribution in [2.24, 2.45) is 0 Å². The topological polar surface area (TPSA) is 103 Å². The number of aromatic nitrogens is 7. The van der Waals surface area contributed by atoms with Crippen LogP contribution in [0, 0.1) is 20.8 Å². The Bertz CT molecular complexity index is 1550. The molecule has 34 heavy (non-hydrogen) atoms. The highest BCUT2D eigenvalue weighted by Crippen LogP contribution is 2.29. The number of benzene rings is 1. The van der Waals surface area contributed by atoms with Gasteiger partial charge in [-0.1, -0.05) is 11.6 Å². The van der Waals surface area contributed by atoms with Crippen molar-refractivity contribution in [2.45, 2.75) is 27.7 Å². The Morgan fingerprint density at radius 2 is 1.79 bits per heavy atom. The zero-order chi connectivity index (χ0) is 24.0. The molecule has 5 aromatic rings. The molecule has 0 unspecified atom stereocenters. The Kier molecular flexibility index (Phi) is 5.33. The quantitative estimate of drug-likeness (QED) is 0.362. The van der Waals surface area contributed by atoms with Crippen LogP contribution >= 0.6 is 11.6 Å². The number of anilines is 2. The second kappa shape index (κ2) is 8.35. The number of pyridine rings is 1. The van der Waals surface area contributed by atoms with E-state index in [0.717, 1.165) is 33.8 Å². The number of hydrogen-bond donors (Lipinski definition) is 1. The van der Waals surface area contributed by atoms with Crippen LogP contribution in [0.25, 0.3) is 22.7 Å². The fourth-order valence-electron chi connectivity index (χ4n) is 3.78. The van der Waals surface area contributed by atoms with Crippen LogP contribution in [0.4, 0.5) is 11.5 Å². The summed E-state index contributed by atoms with van der Waals surface area (Å²) in [6, 6.07) is 13.1. The van der Waals surface area contributed by atoms with Gasteiger partial charge in [-0.15, -0.1) is 5.10 Å². The average Bonchev–Trinajstić information content (AvgIpc) is 3.37. The lowest BCUT2D eigenvalue weighted by Gasteiger charge is -2.13.